The lowest BCUT2D eigenvalue weighted by atomic mass is 10.2. The summed E-state index contributed by atoms with van der Waals surface area (Å²) in [4.78, 5) is 21.1. The molecular weight excluding hydrogens is 269 g/mol. The van der Waals surface area contributed by atoms with Crippen molar-refractivity contribution in [2.45, 2.75) is 25.4 Å². The summed E-state index contributed by atoms with van der Waals surface area (Å²) in [5.74, 6) is -1.10. The summed E-state index contributed by atoms with van der Waals surface area (Å²) in [6.45, 7) is -0.117. The third-order valence-corrected chi connectivity index (χ3v) is 1.93. The van der Waals surface area contributed by atoms with Crippen LogP contribution in [0.1, 0.15) is 19.3 Å². The highest BCUT2D eigenvalue weighted by Crippen LogP contribution is 2.21. The fourth-order valence-electron chi connectivity index (χ4n) is 1.11. The van der Waals surface area contributed by atoms with Crippen LogP contribution in [0.3, 0.4) is 0 Å². The Bertz CT molecular complexity index is 284. The van der Waals surface area contributed by atoms with Crippen molar-refractivity contribution in [3.8, 4) is 0 Å². The lowest BCUT2D eigenvalue weighted by Crippen LogP contribution is -2.38. The zero-order chi connectivity index (χ0) is 14.7. The quantitative estimate of drug-likeness (QED) is 0.554. The number of aliphatic carboxylic acids is 1. The van der Waals surface area contributed by atoms with Gasteiger partial charge in [0.05, 0.1) is 6.61 Å². The Kier molecular flexibility index (Phi) is 8.68. The van der Waals surface area contributed by atoms with Crippen LogP contribution in [-0.2, 0) is 9.53 Å². The van der Waals surface area contributed by atoms with Gasteiger partial charge in [-0.25, -0.2) is 9.59 Å². The van der Waals surface area contributed by atoms with Gasteiger partial charge in [-0.1, -0.05) is 0 Å². The molecule has 0 fully saturated rings. The zero-order valence-corrected chi connectivity index (χ0v) is 10.3. The minimum absolute atomic E-state index is 0.0362. The second kappa shape index (κ2) is 9.42. The molecule has 0 bridgehead atoms. The first kappa shape index (κ1) is 17.5. The minimum atomic E-state index is -4.16. The molecule has 0 rings (SSSR count). The maximum absolute atomic E-state index is 11.8. The van der Waals surface area contributed by atoms with Crippen molar-refractivity contribution in [3.05, 3.63) is 0 Å². The molecule has 112 valence electrons. The van der Waals surface area contributed by atoms with Crippen molar-refractivity contribution in [2.75, 3.05) is 26.3 Å². The smallest absolute Gasteiger partial charge is 0.389 e. The summed E-state index contributed by atoms with van der Waals surface area (Å²) < 4.78 is 40.0. The number of hydrogen-bond acceptors (Lipinski definition) is 3. The number of carboxylic acids is 1. The Morgan fingerprint density at radius 2 is 1.74 bits per heavy atom. The average molecular weight is 286 g/mol. The van der Waals surface area contributed by atoms with Gasteiger partial charge < -0.3 is 20.5 Å². The van der Waals surface area contributed by atoms with Crippen LogP contribution in [0.5, 0.6) is 0 Å². The van der Waals surface area contributed by atoms with Crippen molar-refractivity contribution >= 4 is 12.0 Å². The van der Waals surface area contributed by atoms with Crippen molar-refractivity contribution < 1.29 is 32.6 Å². The fraction of sp³-hybridized carbons (Fsp3) is 0.800. The number of urea groups is 1. The second-order valence-corrected chi connectivity index (χ2v) is 3.70. The molecule has 0 unspecified atom stereocenters. The van der Waals surface area contributed by atoms with Gasteiger partial charge in [0, 0.05) is 19.5 Å². The van der Waals surface area contributed by atoms with E-state index >= 15 is 0 Å². The predicted molar refractivity (Wildman–Crippen MR) is 59.8 cm³/mol. The summed E-state index contributed by atoms with van der Waals surface area (Å²) in [7, 11) is 0. The molecule has 19 heavy (non-hydrogen) atoms. The van der Waals surface area contributed by atoms with Gasteiger partial charge in [-0.2, -0.15) is 13.2 Å². The van der Waals surface area contributed by atoms with Crippen LogP contribution in [-0.4, -0.2) is 49.6 Å². The maximum atomic E-state index is 11.8. The number of halogens is 3. The first-order chi connectivity index (χ1) is 8.81. The highest BCUT2D eigenvalue weighted by atomic mass is 19.4. The van der Waals surface area contributed by atoms with Crippen molar-refractivity contribution in [3.63, 3.8) is 0 Å². The number of rotatable bonds is 9. The molecule has 3 N–H and O–H groups in total. The molecule has 0 aromatic heterocycles. The summed E-state index contributed by atoms with van der Waals surface area (Å²) in [5, 5.41) is 13.0. The first-order valence-corrected chi connectivity index (χ1v) is 5.69. The molecule has 9 heteroatoms. The van der Waals surface area contributed by atoms with E-state index in [0.717, 1.165) is 0 Å². The number of carbonyl (C=O) groups excluding carboxylic acids is 1. The van der Waals surface area contributed by atoms with Gasteiger partial charge in [0.1, 0.15) is 6.61 Å². The van der Waals surface area contributed by atoms with Crippen molar-refractivity contribution in [2.24, 2.45) is 0 Å². The number of hydrogen-bond donors (Lipinski definition) is 3. The third kappa shape index (κ3) is 14.4. The Labute approximate surface area is 108 Å². The van der Waals surface area contributed by atoms with Crippen LogP contribution in [0.25, 0.3) is 0 Å². The molecule has 0 spiro atoms. The number of ether oxygens (including phenoxy) is 1. The fourth-order valence-corrected chi connectivity index (χ4v) is 1.11. The Morgan fingerprint density at radius 1 is 1.11 bits per heavy atom. The van der Waals surface area contributed by atoms with E-state index in [9.17, 15) is 22.8 Å². The molecule has 6 nitrogen and oxygen atoms in total. The van der Waals surface area contributed by atoms with Gasteiger partial charge in [-0.3, -0.25) is 0 Å². The highest BCUT2D eigenvalue weighted by Gasteiger charge is 2.25. The van der Waals surface area contributed by atoms with Crippen LogP contribution in [0.2, 0.25) is 0 Å². The lowest BCUT2D eigenvalue weighted by molar-refractivity contribution is -0.142. The number of nitrogens with one attached hydrogen (secondary N) is 2. The van der Waals surface area contributed by atoms with E-state index in [0.29, 0.717) is 0 Å². The first-order valence-electron chi connectivity index (χ1n) is 5.69. The topological polar surface area (TPSA) is 87.7 Å². The van der Waals surface area contributed by atoms with Crippen LogP contribution >= 0.6 is 0 Å². The standard InChI is InChI=1S/C10H17F3N2O4/c11-10(12,13)3-1-2-4-14-9(18)15-5-6-19-7-8(16)17/h1-7H2,(H,16,17)(H2,14,15,18). The molecule has 0 atom stereocenters. The van der Waals surface area contributed by atoms with Gasteiger partial charge in [0.15, 0.2) is 0 Å². The molecule has 0 radical (unpaired) electrons. The monoisotopic (exact) mass is 286 g/mol. The Hall–Kier alpha value is -1.51. The largest absolute Gasteiger partial charge is 0.480 e. The summed E-state index contributed by atoms with van der Waals surface area (Å²) in [5.41, 5.74) is 0. The van der Waals surface area contributed by atoms with Crippen LogP contribution < -0.4 is 10.6 Å². The van der Waals surface area contributed by atoms with E-state index in [2.05, 4.69) is 15.4 Å². The number of amides is 2. The summed E-state index contributed by atoms with van der Waals surface area (Å²) in [6, 6.07) is -0.522. The van der Waals surface area contributed by atoms with E-state index in [1.807, 2.05) is 0 Å². The average Bonchev–Trinajstić information content (AvgIpc) is 2.26. The lowest BCUT2D eigenvalue weighted by Gasteiger charge is -2.08. The van der Waals surface area contributed by atoms with Crippen LogP contribution in [0.15, 0.2) is 0 Å². The Morgan fingerprint density at radius 3 is 2.32 bits per heavy atom. The van der Waals surface area contributed by atoms with E-state index < -0.39 is 31.2 Å². The molecule has 2 amide bonds. The van der Waals surface area contributed by atoms with Gasteiger partial charge in [0.25, 0.3) is 0 Å². The molecule has 0 aromatic carbocycles. The molecular formula is C10H17F3N2O4. The van der Waals surface area contributed by atoms with Gasteiger partial charge in [-0.05, 0) is 12.8 Å². The van der Waals surface area contributed by atoms with E-state index in [1.165, 1.54) is 0 Å². The van der Waals surface area contributed by atoms with Gasteiger partial charge >= 0.3 is 18.2 Å². The van der Waals surface area contributed by atoms with Gasteiger partial charge in [-0.15, -0.1) is 0 Å². The number of carbonyl (C=O) groups is 2. The minimum Gasteiger partial charge on any atom is -0.480 e. The highest BCUT2D eigenvalue weighted by molar-refractivity contribution is 5.73. The number of unbranched alkanes of at least 4 members (excludes halogenated alkanes) is 1. The van der Waals surface area contributed by atoms with Gasteiger partial charge in [0.2, 0.25) is 0 Å². The second-order valence-electron chi connectivity index (χ2n) is 3.70. The van der Waals surface area contributed by atoms with Crippen molar-refractivity contribution in [1.82, 2.24) is 10.6 Å². The number of alkyl halides is 3. The third-order valence-electron chi connectivity index (χ3n) is 1.93. The van der Waals surface area contributed by atoms with E-state index in [1.54, 1.807) is 0 Å². The van der Waals surface area contributed by atoms with Crippen molar-refractivity contribution in [1.29, 1.82) is 0 Å². The summed E-state index contributed by atoms with van der Waals surface area (Å²) >= 11 is 0. The SMILES string of the molecule is O=C(O)COCCNC(=O)NCCCCC(F)(F)F. The number of carboxylic acid groups (broad SMARTS) is 1. The van der Waals surface area contributed by atoms with E-state index in [-0.39, 0.29) is 32.5 Å². The van der Waals surface area contributed by atoms with Crippen LogP contribution in [0, 0.1) is 0 Å². The molecule has 0 aromatic rings. The zero-order valence-electron chi connectivity index (χ0n) is 10.3. The molecule has 0 aliphatic heterocycles. The molecule has 0 saturated heterocycles. The molecule has 0 aliphatic rings. The van der Waals surface area contributed by atoms with E-state index in [4.69, 9.17) is 5.11 Å². The van der Waals surface area contributed by atoms with Crippen LogP contribution in [0.4, 0.5) is 18.0 Å². The maximum Gasteiger partial charge on any atom is 0.389 e. The molecule has 0 saturated carbocycles. The summed E-state index contributed by atoms with van der Waals surface area (Å²) in [6.07, 6.45) is -4.82. The molecule has 0 aliphatic carbocycles. The Balaban J connectivity index is 3.33. The normalized spacial score (nSPS) is 11.1. The predicted octanol–water partition coefficient (Wildman–Crippen LogP) is 1.12. The molecule has 0 heterocycles.